The van der Waals surface area contributed by atoms with Crippen molar-refractivity contribution in [2.75, 3.05) is 5.75 Å². The number of aryl methyl sites for hydroxylation is 1. The Hall–Kier alpha value is -3.53. The molecule has 0 radical (unpaired) electrons. The molecule has 0 aliphatic carbocycles. The normalized spacial score (nSPS) is 11.5. The van der Waals surface area contributed by atoms with Crippen molar-refractivity contribution in [2.24, 2.45) is 0 Å². The van der Waals surface area contributed by atoms with Crippen LogP contribution in [0.25, 0.3) is 32.7 Å². The number of amides is 1. The minimum Gasteiger partial charge on any atom is -0.351 e. The van der Waals surface area contributed by atoms with Gasteiger partial charge in [0.2, 0.25) is 5.91 Å². The minimum atomic E-state index is -0.0515. The third-order valence-electron chi connectivity index (χ3n) is 5.96. The molecule has 6 rings (SSSR count). The van der Waals surface area contributed by atoms with E-state index >= 15 is 0 Å². The first-order valence-electron chi connectivity index (χ1n) is 11.4. The average molecular weight is 528 g/mol. The molecule has 178 valence electrons. The molecule has 0 saturated carbocycles. The lowest BCUT2D eigenvalue weighted by Crippen LogP contribution is -2.24. The molecule has 0 unspecified atom stereocenters. The van der Waals surface area contributed by atoms with E-state index in [1.807, 2.05) is 75.7 Å². The second-order valence-corrected chi connectivity index (χ2v) is 10.9. The van der Waals surface area contributed by atoms with Crippen molar-refractivity contribution in [1.82, 2.24) is 24.3 Å². The number of para-hydroxylation sites is 3. The van der Waals surface area contributed by atoms with Gasteiger partial charge in [0.15, 0.2) is 20.4 Å². The molecule has 9 heteroatoms. The summed E-state index contributed by atoms with van der Waals surface area (Å²) >= 11 is 8.71. The summed E-state index contributed by atoms with van der Waals surface area (Å²) in [6.45, 7) is 2.56. The van der Waals surface area contributed by atoms with Crippen LogP contribution in [0.1, 0.15) is 11.1 Å². The number of thiazole rings is 1. The third kappa shape index (κ3) is 4.09. The average Bonchev–Trinajstić information content (AvgIpc) is 3.44. The Labute approximate surface area is 220 Å². The van der Waals surface area contributed by atoms with E-state index in [2.05, 4.69) is 24.4 Å². The van der Waals surface area contributed by atoms with Crippen molar-refractivity contribution in [3.63, 3.8) is 0 Å². The highest BCUT2D eigenvalue weighted by atomic mass is 32.2. The number of thioether (sulfide) groups is 1. The van der Waals surface area contributed by atoms with Crippen molar-refractivity contribution < 1.29 is 4.79 Å². The monoisotopic (exact) mass is 527 g/mol. The number of carbonyl (C=O) groups excluding carboxylic acids is 1. The van der Waals surface area contributed by atoms with Gasteiger partial charge in [-0.15, -0.1) is 0 Å². The predicted molar refractivity (Wildman–Crippen MR) is 150 cm³/mol. The standard InChI is InChI=1S/C27H21N5OS3/c1-17-9-5-7-13-20(17)32-25-23(36-27(32)34)24-29-19-12-6-8-14-21(19)31(24)26(30-25)35-16-22(33)28-15-18-10-3-2-4-11-18/h2-14H,15-16H2,1H3,(H,28,33). The van der Waals surface area contributed by atoms with Gasteiger partial charge in [-0.2, -0.15) is 0 Å². The van der Waals surface area contributed by atoms with Gasteiger partial charge in [-0.3, -0.25) is 13.8 Å². The van der Waals surface area contributed by atoms with Crippen LogP contribution in [-0.4, -0.2) is 30.6 Å². The minimum absolute atomic E-state index is 0.0515. The molecule has 0 bridgehead atoms. The first kappa shape index (κ1) is 22.9. The lowest BCUT2D eigenvalue weighted by atomic mass is 10.2. The number of rotatable bonds is 6. The van der Waals surface area contributed by atoms with Crippen LogP contribution in [0.15, 0.2) is 84.0 Å². The molecule has 0 atom stereocenters. The number of imidazole rings is 1. The first-order valence-corrected chi connectivity index (χ1v) is 13.6. The van der Waals surface area contributed by atoms with Gasteiger partial charge in [0.1, 0.15) is 4.70 Å². The van der Waals surface area contributed by atoms with Crippen molar-refractivity contribution in [2.45, 2.75) is 18.6 Å². The summed E-state index contributed by atoms with van der Waals surface area (Å²) in [5.41, 5.74) is 6.57. The molecule has 6 aromatic rings. The van der Waals surface area contributed by atoms with Crippen molar-refractivity contribution in [1.29, 1.82) is 0 Å². The summed E-state index contributed by atoms with van der Waals surface area (Å²) in [6.07, 6.45) is 0. The van der Waals surface area contributed by atoms with Crippen LogP contribution in [-0.2, 0) is 11.3 Å². The van der Waals surface area contributed by atoms with Gasteiger partial charge < -0.3 is 5.32 Å². The number of nitrogens with zero attached hydrogens (tertiary/aromatic N) is 4. The predicted octanol–water partition coefficient (Wildman–Crippen LogP) is 6.33. The summed E-state index contributed by atoms with van der Waals surface area (Å²) < 4.78 is 5.70. The van der Waals surface area contributed by atoms with E-state index in [1.54, 1.807) is 0 Å². The van der Waals surface area contributed by atoms with E-state index < -0.39 is 0 Å². The summed E-state index contributed by atoms with van der Waals surface area (Å²) in [6, 6.07) is 26.0. The maximum Gasteiger partial charge on any atom is 0.230 e. The fourth-order valence-corrected chi connectivity index (χ4v) is 6.40. The van der Waals surface area contributed by atoms with Crippen LogP contribution >= 0.6 is 35.3 Å². The summed E-state index contributed by atoms with van der Waals surface area (Å²) in [5.74, 6) is 0.187. The highest BCUT2D eigenvalue weighted by Gasteiger charge is 2.20. The zero-order valence-electron chi connectivity index (χ0n) is 19.3. The Balaban J connectivity index is 1.45. The van der Waals surface area contributed by atoms with E-state index in [0.29, 0.717) is 15.7 Å². The maximum atomic E-state index is 12.7. The molecule has 3 heterocycles. The smallest absolute Gasteiger partial charge is 0.230 e. The topological polar surface area (TPSA) is 64.2 Å². The fourth-order valence-electron chi connectivity index (χ4n) is 4.23. The zero-order valence-corrected chi connectivity index (χ0v) is 21.8. The quantitative estimate of drug-likeness (QED) is 0.156. The van der Waals surface area contributed by atoms with E-state index in [4.69, 9.17) is 22.2 Å². The molecule has 36 heavy (non-hydrogen) atoms. The molecular weight excluding hydrogens is 507 g/mol. The van der Waals surface area contributed by atoms with Gasteiger partial charge in [0, 0.05) is 6.54 Å². The molecule has 0 fully saturated rings. The number of carbonyl (C=O) groups is 1. The fraction of sp³-hybridized carbons (Fsp3) is 0.111. The Morgan fingerprint density at radius 1 is 0.972 bits per heavy atom. The lowest BCUT2D eigenvalue weighted by molar-refractivity contribution is -0.118. The molecule has 6 nitrogen and oxygen atoms in total. The molecule has 0 spiro atoms. The van der Waals surface area contributed by atoms with Crippen LogP contribution in [0.3, 0.4) is 0 Å². The number of hydrogen-bond acceptors (Lipinski definition) is 6. The number of benzene rings is 3. The molecule has 3 aromatic heterocycles. The van der Waals surface area contributed by atoms with E-state index in [9.17, 15) is 4.79 Å². The Bertz CT molecular complexity index is 1800. The van der Waals surface area contributed by atoms with E-state index in [1.165, 1.54) is 23.1 Å². The van der Waals surface area contributed by atoms with Gasteiger partial charge in [-0.05, 0) is 48.5 Å². The lowest BCUT2D eigenvalue weighted by Gasteiger charge is -2.10. The van der Waals surface area contributed by atoms with Crippen LogP contribution in [0.5, 0.6) is 0 Å². The second kappa shape index (κ2) is 9.50. The third-order valence-corrected chi connectivity index (χ3v) is 8.26. The van der Waals surface area contributed by atoms with Crippen molar-refractivity contribution in [3.8, 4) is 5.69 Å². The number of nitrogens with one attached hydrogen (secondary N) is 1. The van der Waals surface area contributed by atoms with E-state index in [-0.39, 0.29) is 11.7 Å². The highest BCUT2D eigenvalue weighted by molar-refractivity contribution is 7.99. The zero-order chi connectivity index (χ0) is 24.6. The molecule has 1 N–H and O–H groups in total. The Kier molecular flexibility index (Phi) is 6.04. The molecule has 0 aliphatic heterocycles. The summed E-state index contributed by atoms with van der Waals surface area (Å²) in [5, 5.41) is 3.71. The number of fused-ring (bicyclic) bond motifs is 5. The summed E-state index contributed by atoms with van der Waals surface area (Å²) in [4.78, 5) is 22.7. The van der Waals surface area contributed by atoms with Crippen LogP contribution < -0.4 is 5.32 Å². The Morgan fingerprint density at radius 2 is 1.72 bits per heavy atom. The molecule has 0 saturated heterocycles. The van der Waals surface area contributed by atoms with Crippen molar-refractivity contribution in [3.05, 3.63) is 93.9 Å². The highest BCUT2D eigenvalue weighted by Crippen LogP contribution is 2.34. The first-order chi connectivity index (χ1) is 17.6. The molecular formula is C27H21N5OS3. The van der Waals surface area contributed by atoms with Gasteiger partial charge in [-0.1, -0.05) is 83.8 Å². The van der Waals surface area contributed by atoms with Crippen LogP contribution in [0, 0.1) is 10.9 Å². The number of hydrogen-bond donors (Lipinski definition) is 1. The van der Waals surface area contributed by atoms with Gasteiger partial charge in [-0.25, -0.2) is 9.97 Å². The maximum absolute atomic E-state index is 12.7. The van der Waals surface area contributed by atoms with Gasteiger partial charge in [0.25, 0.3) is 0 Å². The molecule has 0 aliphatic rings. The molecule has 1 amide bonds. The van der Waals surface area contributed by atoms with Gasteiger partial charge in [0.05, 0.1) is 22.5 Å². The number of aromatic nitrogens is 4. The Morgan fingerprint density at radius 3 is 2.56 bits per heavy atom. The van der Waals surface area contributed by atoms with Crippen LogP contribution in [0.4, 0.5) is 0 Å². The van der Waals surface area contributed by atoms with Crippen molar-refractivity contribution >= 4 is 68.3 Å². The van der Waals surface area contributed by atoms with E-state index in [0.717, 1.165) is 43.8 Å². The van der Waals surface area contributed by atoms with Crippen LogP contribution in [0.2, 0.25) is 0 Å². The SMILES string of the molecule is Cc1ccccc1-n1c(=S)sc2c1nc(SCC(=O)NCc1ccccc1)n1c3ccccc3nc21. The molecule has 3 aromatic carbocycles. The largest absolute Gasteiger partial charge is 0.351 e. The second-order valence-electron chi connectivity index (χ2n) is 8.35. The summed E-state index contributed by atoms with van der Waals surface area (Å²) in [7, 11) is 0. The van der Waals surface area contributed by atoms with Gasteiger partial charge >= 0.3 is 0 Å².